The molecule has 0 radical (unpaired) electrons. The summed E-state index contributed by atoms with van der Waals surface area (Å²) < 4.78 is 9.80. The van der Waals surface area contributed by atoms with Crippen LogP contribution in [-0.2, 0) is 48.2 Å². The summed E-state index contributed by atoms with van der Waals surface area (Å²) in [6, 6.07) is -0.715. The van der Waals surface area contributed by atoms with Gasteiger partial charge in [0, 0.05) is 39.0 Å². The maximum absolute atomic E-state index is 12.2. The summed E-state index contributed by atoms with van der Waals surface area (Å²) in [4.78, 5) is 72.4. The molecule has 0 aliphatic carbocycles. The molecule has 0 aromatic heterocycles. The van der Waals surface area contributed by atoms with Crippen LogP contribution in [0.15, 0.2) is 0 Å². The summed E-state index contributed by atoms with van der Waals surface area (Å²) in [5.41, 5.74) is 13.4. The Bertz CT molecular complexity index is 974. The van der Waals surface area contributed by atoms with Crippen molar-refractivity contribution in [2.75, 3.05) is 61.2 Å². The number of nitrogens with one attached hydrogen (secondary N) is 4. The smallest absolute Gasteiger partial charge is 0.341 e. The SMILES string of the molecule is Br.C.C.C.C.C.CCCCCC(=O)NCCCCC(NOC(=O)C(CCCCN)NC)C(=O)OC.CCCCCCOON1C(=O)CCC1=O.CNC(CCCCN)COC. The zero-order valence-electron chi connectivity index (χ0n) is 35.3. The molecule has 1 rings (SSSR count). The Balaban J connectivity index is -0.000000124. The lowest BCUT2D eigenvalue weighted by atomic mass is 10.1. The number of amides is 3. The first-order valence-corrected chi connectivity index (χ1v) is 20.3. The summed E-state index contributed by atoms with van der Waals surface area (Å²) >= 11 is 0. The zero-order chi connectivity index (χ0) is 41.5. The number of unbranched alkanes of at least 4 members (excludes halogenated alkanes) is 8. The van der Waals surface area contributed by atoms with Gasteiger partial charge in [-0.2, -0.15) is 0 Å². The highest BCUT2D eigenvalue weighted by Gasteiger charge is 2.31. The number of nitrogens with two attached hydrogens (primary N) is 2. The molecule has 0 aromatic carbocycles. The molecule has 1 fully saturated rings. The number of hydroxylamine groups is 3. The van der Waals surface area contributed by atoms with Gasteiger partial charge in [-0.1, -0.05) is 95.9 Å². The van der Waals surface area contributed by atoms with Crippen LogP contribution in [0.5, 0.6) is 0 Å². The van der Waals surface area contributed by atoms with Gasteiger partial charge in [0.05, 0.1) is 20.3 Å². The van der Waals surface area contributed by atoms with E-state index in [4.69, 9.17) is 30.7 Å². The van der Waals surface area contributed by atoms with Crippen molar-refractivity contribution in [2.24, 2.45) is 11.5 Å². The lowest BCUT2D eigenvalue weighted by molar-refractivity contribution is -0.393. The highest BCUT2D eigenvalue weighted by Crippen LogP contribution is 2.12. The highest BCUT2D eigenvalue weighted by atomic mass is 79.9. The predicted molar refractivity (Wildman–Crippen MR) is 256 cm³/mol. The number of likely N-dealkylation sites (N-methyl/N-ethyl adjacent to an activating group) is 2. The van der Waals surface area contributed by atoms with E-state index in [2.05, 4.69) is 40.3 Å². The molecule has 0 spiro atoms. The van der Waals surface area contributed by atoms with Crippen molar-refractivity contribution in [3.8, 4) is 0 Å². The number of halogens is 1. The van der Waals surface area contributed by atoms with Crippen LogP contribution in [0.2, 0.25) is 0 Å². The van der Waals surface area contributed by atoms with Crippen LogP contribution in [0.1, 0.15) is 173 Å². The first-order valence-electron chi connectivity index (χ1n) is 20.3. The number of carbonyl (C=O) groups excluding carboxylic acids is 5. The van der Waals surface area contributed by atoms with Crippen molar-refractivity contribution >= 4 is 46.6 Å². The van der Waals surface area contributed by atoms with E-state index in [0.717, 1.165) is 90.2 Å². The average Bonchev–Trinajstić information content (AvgIpc) is 3.51. The van der Waals surface area contributed by atoms with Gasteiger partial charge < -0.3 is 41.7 Å². The third-order valence-electron chi connectivity index (χ3n) is 8.61. The summed E-state index contributed by atoms with van der Waals surface area (Å²) in [6.45, 7) is 7.36. The Morgan fingerprint density at radius 2 is 1.23 bits per heavy atom. The van der Waals surface area contributed by atoms with Crippen LogP contribution in [0.3, 0.4) is 0 Å². The van der Waals surface area contributed by atoms with Gasteiger partial charge in [-0.05, 0) is 85.0 Å². The predicted octanol–water partition coefficient (Wildman–Crippen LogP) is 6.85. The van der Waals surface area contributed by atoms with Crippen LogP contribution < -0.4 is 32.9 Å². The first-order chi connectivity index (χ1) is 26.6. The van der Waals surface area contributed by atoms with Gasteiger partial charge in [-0.15, -0.1) is 32.5 Å². The molecule has 61 heavy (non-hydrogen) atoms. The minimum absolute atomic E-state index is 0. The molecule has 1 aliphatic rings. The topological polar surface area (TPSA) is 235 Å². The Morgan fingerprint density at radius 3 is 1.74 bits per heavy atom. The molecule has 3 unspecified atom stereocenters. The second-order valence-electron chi connectivity index (χ2n) is 13.3. The van der Waals surface area contributed by atoms with E-state index < -0.39 is 24.0 Å². The minimum atomic E-state index is -0.745. The van der Waals surface area contributed by atoms with Crippen molar-refractivity contribution in [3.63, 3.8) is 0 Å². The first kappa shape index (κ1) is 76.0. The summed E-state index contributed by atoms with van der Waals surface area (Å²) in [7, 11) is 6.67. The Kier molecular flexibility index (Phi) is 69.5. The second kappa shape index (κ2) is 55.7. The Labute approximate surface area is 383 Å². The number of hydrogen-bond acceptors (Lipinski definition) is 15. The molecule has 18 heteroatoms. The molecule has 0 saturated carbocycles. The highest BCUT2D eigenvalue weighted by molar-refractivity contribution is 8.93. The zero-order valence-corrected chi connectivity index (χ0v) is 37.0. The van der Waals surface area contributed by atoms with Gasteiger partial charge in [0.1, 0.15) is 12.1 Å². The number of methoxy groups -OCH3 is 2. The number of hydrogen-bond donors (Lipinski definition) is 6. The van der Waals surface area contributed by atoms with Gasteiger partial charge in [-0.25, -0.2) is 9.68 Å². The maximum Gasteiger partial charge on any atom is 0.341 e. The van der Waals surface area contributed by atoms with Crippen LogP contribution >= 0.6 is 17.0 Å². The summed E-state index contributed by atoms with van der Waals surface area (Å²) in [5.74, 6) is -1.56. The molecule has 3 atom stereocenters. The van der Waals surface area contributed by atoms with Crippen molar-refractivity contribution in [2.45, 2.75) is 191 Å². The Hall–Kier alpha value is -2.29. The molecule has 372 valence electrons. The maximum atomic E-state index is 12.2. The molecule has 1 aliphatic heterocycles. The summed E-state index contributed by atoms with van der Waals surface area (Å²) in [5, 5.41) is 9.69. The molecular weight excluding hydrogens is 854 g/mol. The van der Waals surface area contributed by atoms with Gasteiger partial charge in [0.15, 0.2) is 0 Å². The Morgan fingerprint density at radius 1 is 0.689 bits per heavy atom. The fourth-order valence-corrected chi connectivity index (χ4v) is 5.13. The third-order valence-corrected chi connectivity index (χ3v) is 8.61. The lowest BCUT2D eigenvalue weighted by Gasteiger charge is -2.19. The third kappa shape index (κ3) is 44.1. The van der Waals surface area contributed by atoms with Crippen molar-refractivity contribution in [1.29, 1.82) is 0 Å². The number of carbonyl (C=O) groups is 5. The molecule has 1 heterocycles. The molecule has 8 N–H and O–H groups in total. The standard InChI is InChI=1S/C20H40N4O5.C10H17NO4.C8H20N2O.5CH4.BrH/c1-4-5-6-13-18(25)23-15-10-8-12-17(19(26)28-3)24-29-20(27)16(22-2)11-7-9-14-21;1-2-3-4-5-8-14-15-11-9(12)6-7-10(11)13;1-10-8(7-11-2)5-3-4-6-9;;;;;;/h16-17,22,24H,4-15,21H2,1-3H3,(H,23,25);2-8H2,1H3;8,10H,3-7,9H2,1-2H3;5*1H4;1H. The van der Waals surface area contributed by atoms with Crippen molar-refractivity contribution < 1.29 is 48.2 Å². The van der Waals surface area contributed by atoms with Crippen molar-refractivity contribution in [1.82, 2.24) is 26.5 Å². The summed E-state index contributed by atoms with van der Waals surface area (Å²) in [6.07, 6.45) is 15.8. The number of imide groups is 1. The fourth-order valence-electron chi connectivity index (χ4n) is 5.13. The number of esters is 1. The average molecular weight is 953 g/mol. The molecule has 0 bridgehead atoms. The van der Waals surface area contributed by atoms with E-state index >= 15 is 0 Å². The quantitative estimate of drug-likeness (QED) is 0.0133. The van der Waals surface area contributed by atoms with Gasteiger partial charge in [0.2, 0.25) is 5.91 Å². The number of ether oxygens (including phenoxy) is 2. The van der Waals surface area contributed by atoms with Crippen LogP contribution in [0.25, 0.3) is 0 Å². The van der Waals surface area contributed by atoms with Crippen LogP contribution in [0, 0.1) is 0 Å². The van der Waals surface area contributed by atoms with Gasteiger partial charge in [0.25, 0.3) is 11.8 Å². The molecule has 0 aromatic rings. The minimum Gasteiger partial charge on any atom is -0.468 e. The fraction of sp³-hybridized carbons (Fsp3) is 0.884. The second-order valence-corrected chi connectivity index (χ2v) is 13.3. The molecule has 3 amide bonds. The van der Waals surface area contributed by atoms with Crippen LogP contribution in [0.4, 0.5) is 0 Å². The number of rotatable bonds is 32. The van der Waals surface area contributed by atoms with E-state index in [0.29, 0.717) is 56.5 Å². The molecule has 17 nitrogen and oxygen atoms in total. The molecule has 1 saturated heterocycles. The van der Waals surface area contributed by atoms with Crippen LogP contribution in [-0.4, -0.2) is 114 Å². The normalized spacial score (nSPS) is 12.6. The van der Waals surface area contributed by atoms with Crippen molar-refractivity contribution in [3.05, 3.63) is 0 Å². The van der Waals surface area contributed by atoms with E-state index in [1.54, 1.807) is 14.2 Å². The monoisotopic (exact) mass is 952 g/mol. The largest absolute Gasteiger partial charge is 0.468 e. The van der Waals surface area contributed by atoms with E-state index in [9.17, 15) is 24.0 Å². The van der Waals surface area contributed by atoms with Gasteiger partial charge in [-0.3, -0.25) is 19.2 Å². The van der Waals surface area contributed by atoms with Gasteiger partial charge >= 0.3 is 11.9 Å². The van der Waals surface area contributed by atoms with E-state index in [1.165, 1.54) is 13.5 Å². The molecular formula is C43H98BrN7O10. The van der Waals surface area contributed by atoms with E-state index in [1.807, 2.05) is 7.05 Å². The van der Waals surface area contributed by atoms with E-state index in [-0.39, 0.29) is 84.7 Å². The lowest BCUT2D eigenvalue weighted by Crippen LogP contribution is -2.44. The number of nitrogens with zero attached hydrogens (tertiary/aromatic N) is 1.